The smallest absolute Gasteiger partial charge is 0.412 e. The van der Waals surface area contributed by atoms with Gasteiger partial charge in [-0.1, -0.05) is 31.2 Å². The number of nitrogens with one attached hydrogen (secondary N) is 1. The fourth-order valence-corrected chi connectivity index (χ4v) is 4.45. The number of nitrogens with two attached hydrogens (primary N) is 1. The van der Waals surface area contributed by atoms with E-state index in [-0.39, 0.29) is 12.3 Å². The van der Waals surface area contributed by atoms with E-state index in [1.54, 1.807) is 29.3 Å². The molecule has 2 heterocycles. The fourth-order valence-electron chi connectivity index (χ4n) is 4.45. The van der Waals surface area contributed by atoms with E-state index < -0.39 is 11.7 Å². The van der Waals surface area contributed by atoms with Gasteiger partial charge in [-0.2, -0.15) is 0 Å². The number of benzene rings is 2. The summed E-state index contributed by atoms with van der Waals surface area (Å²) < 4.78 is 5.30. The summed E-state index contributed by atoms with van der Waals surface area (Å²) in [6, 6.07) is 14.8. The number of amidine groups is 1. The average molecular weight is 554 g/mol. The van der Waals surface area contributed by atoms with Crippen molar-refractivity contribution in [3.05, 3.63) is 83.2 Å². The summed E-state index contributed by atoms with van der Waals surface area (Å²) in [7, 11) is 0. The maximum atomic E-state index is 13.7. The van der Waals surface area contributed by atoms with Crippen LogP contribution in [-0.4, -0.2) is 46.2 Å². The van der Waals surface area contributed by atoms with E-state index in [4.69, 9.17) is 10.5 Å². The Balaban J connectivity index is 1.53. The van der Waals surface area contributed by atoms with Crippen LogP contribution in [0.15, 0.2) is 71.5 Å². The first-order chi connectivity index (χ1) is 19.5. The number of anilines is 1. The quantitative estimate of drug-likeness (QED) is 0.324. The van der Waals surface area contributed by atoms with E-state index in [1.165, 1.54) is 6.20 Å². The van der Waals surface area contributed by atoms with Crippen molar-refractivity contribution in [2.24, 2.45) is 10.7 Å². The van der Waals surface area contributed by atoms with Crippen LogP contribution in [0.3, 0.4) is 0 Å². The monoisotopic (exact) mass is 553 g/mol. The van der Waals surface area contributed by atoms with Gasteiger partial charge in [0.15, 0.2) is 6.29 Å². The van der Waals surface area contributed by atoms with Crippen molar-refractivity contribution in [2.75, 3.05) is 11.9 Å². The van der Waals surface area contributed by atoms with E-state index >= 15 is 0 Å². The molecule has 0 saturated carbocycles. The van der Waals surface area contributed by atoms with Crippen molar-refractivity contribution in [1.82, 2.24) is 9.88 Å². The summed E-state index contributed by atoms with van der Waals surface area (Å²) in [6.45, 7) is 8.42. The van der Waals surface area contributed by atoms with Crippen molar-refractivity contribution in [3.8, 4) is 11.1 Å². The third-order valence-electron chi connectivity index (χ3n) is 6.25. The molecule has 0 spiro atoms. The summed E-state index contributed by atoms with van der Waals surface area (Å²) in [5.41, 5.74) is 11.3. The highest BCUT2D eigenvalue weighted by Crippen LogP contribution is 2.32. The van der Waals surface area contributed by atoms with Gasteiger partial charge in [0.05, 0.1) is 5.69 Å². The molecule has 4 rings (SSSR count). The molecule has 1 aliphatic rings. The largest absolute Gasteiger partial charge is 0.444 e. The van der Waals surface area contributed by atoms with E-state index in [1.807, 2.05) is 64.1 Å². The van der Waals surface area contributed by atoms with Crippen LogP contribution in [0.2, 0.25) is 0 Å². The molecule has 3 aromatic rings. The number of fused-ring (bicyclic) bond motifs is 1. The maximum Gasteiger partial charge on any atom is 0.412 e. The highest BCUT2D eigenvalue weighted by Gasteiger charge is 2.22. The molecule has 0 radical (unpaired) electrons. The topological polar surface area (TPSA) is 127 Å². The second-order valence-corrected chi connectivity index (χ2v) is 10.9. The molecule has 0 atom stereocenters. The van der Waals surface area contributed by atoms with Crippen molar-refractivity contribution >= 4 is 41.6 Å². The standard InChI is InChI=1S/C32H35N5O4/c1-5-12-37(19-21-6-10-27(11-7-21)35-31(40)41-32(2,3)4)30(39)25-14-24-9-8-23(15-28(24)36-29(33)16-25)26-13-22(20-38)17-34-18-26/h6-11,13-15,17-18,20H,5,12,16,19H2,1-4H3,(H2,33,36)(H,35,40). The summed E-state index contributed by atoms with van der Waals surface area (Å²) in [5.74, 6) is 0.232. The second-order valence-electron chi connectivity index (χ2n) is 10.9. The molecule has 9 heteroatoms. The molecule has 1 aromatic heterocycles. The van der Waals surface area contributed by atoms with Gasteiger partial charge in [-0.3, -0.25) is 19.9 Å². The van der Waals surface area contributed by atoms with Crippen LogP contribution in [0.4, 0.5) is 16.2 Å². The van der Waals surface area contributed by atoms with Gasteiger partial charge in [-0.25, -0.2) is 9.79 Å². The lowest BCUT2D eigenvalue weighted by Crippen LogP contribution is -2.33. The number of amides is 2. The summed E-state index contributed by atoms with van der Waals surface area (Å²) in [4.78, 5) is 47.5. The van der Waals surface area contributed by atoms with Gasteiger partial charge < -0.3 is 15.4 Å². The summed E-state index contributed by atoms with van der Waals surface area (Å²) in [5, 5.41) is 2.72. The Morgan fingerprint density at radius 2 is 1.83 bits per heavy atom. The number of rotatable bonds is 8. The Bertz CT molecular complexity index is 1500. The van der Waals surface area contributed by atoms with Crippen LogP contribution in [0.5, 0.6) is 0 Å². The molecule has 0 aliphatic carbocycles. The highest BCUT2D eigenvalue weighted by molar-refractivity contribution is 6.05. The maximum absolute atomic E-state index is 13.7. The Hall–Kier alpha value is -4.79. The predicted octanol–water partition coefficient (Wildman–Crippen LogP) is 6.12. The molecular weight excluding hydrogens is 518 g/mol. The van der Waals surface area contributed by atoms with Gasteiger partial charge >= 0.3 is 6.09 Å². The molecule has 0 unspecified atom stereocenters. The lowest BCUT2D eigenvalue weighted by Gasteiger charge is -2.24. The van der Waals surface area contributed by atoms with Gasteiger partial charge in [-0.05, 0) is 68.7 Å². The normalized spacial score (nSPS) is 12.8. The number of aliphatic imine (C=N–C) groups is 1. The summed E-state index contributed by atoms with van der Waals surface area (Å²) in [6.07, 6.45) is 6.29. The third kappa shape index (κ3) is 7.88. The Morgan fingerprint density at radius 3 is 2.51 bits per heavy atom. The van der Waals surface area contributed by atoms with Crippen molar-refractivity contribution in [1.29, 1.82) is 0 Å². The molecule has 212 valence electrons. The first-order valence-corrected chi connectivity index (χ1v) is 13.5. The first kappa shape index (κ1) is 29.2. The van der Waals surface area contributed by atoms with E-state index in [0.29, 0.717) is 41.4 Å². The third-order valence-corrected chi connectivity index (χ3v) is 6.25. The van der Waals surface area contributed by atoms with Crippen LogP contribution in [-0.2, 0) is 16.1 Å². The van der Waals surface area contributed by atoms with Crippen LogP contribution in [0, 0.1) is 0 Å². The highest BCUT2D eigenvalue weighted by atomic mass is 16.6. The number of carbonyl (C=O) groups excluding carboxylic acids is 3. The molecule has 1 aliphatic heterocycles. The Morgan fingerprint density at radius 1 is 1.07 bits per heavy atom. The van der Waals surface area contributed by atoms with Crippen LogP contribution in [0.25, 0.3) is 17.2 Å². The molecular formula is C32H35N5O4. The minimum absolute atomic E-state index is 0.110. The van der Waals surface area contributed by atoms with Crippen molar-refractivity contribution in [2.45, 2.75) is 52.7 Å². The minimum Gasteiger partial charge on any atom is -0.444 e. The van der Waals surface area contributed by atoms with Gasteiger partial charge in [0.2, 0.25) is 0 Å². The zero-order valence-corrected chi connectivity index (χ0v) is 23.8. The molecule has 2 amide bonds. The van der Waals surface area contributed by atoms with E-state index in [0.717, 1.165) is 35.0 Å². The average Bonchev–Trinajstić information content (AvgIpc) is 3.09. The van der Waals surface area contributed by atoms with Gasteiger partial charge in [0.25, 0.3) is 5.91 Å². The van der Waals surface area contributed by atoms with E-state index in [9.17, 15) is 14.4 Å². The number of carbonyl (C=O) groups is 3. The van der Waals surface area contributed by atoms with Gasteiger partial charge in [0, 0.05) is 59.9 Å². The molecule has 9 nitrogen and oxygen atoms in total. The Labute approximate surface area is 240 Å². The number of nitrogens with zero attached hydrogens (tertiary/aromatic N) is 3. The van der Waals surface area contributed by atoms with Crippen LogP contribution >= 0.6 is 0 Å². The zero-order valence-electron chi connectivity index (χ0n) is 23.8. The molecule has 0 saturated heterocycles. The molecule has 0 fully saturated rings. The number of ether oxygens (including phenoxy) is 1. The van der Waals surface area contributed by atoms with Crippen molar-refractivity contribution < 1.29 is 19.1 Å². The minimum atomic E-state index is -0.588. The molecule has 3 N–H and O–H groups in total. The lowest BCUT2D eigenvalue weighted by atomic mass is 10.0. The number of pyridine rings is 1. The van der Waals surface area contributed by atoms with Gasteiger partial charge in [-0.15, -0.1) is 0 Å². The Kier molecular flexibility index (Phi) is 8.97. The predicted molar refractivity (Wildman–Crippen MR) is 161 cm³/mol. The lowest BCUT2D eigenvalue weighted by molar-refractivity contribution is -0.127. The molecule has 41 heavy (non-hydrogen) atoms. The fraction of sp³-hybridized carbons (Fsp3) is 0.281. The van der Waals surface area contributed by atoms with Crippen LogP contribution in [0.1, 0.15) is 62.0 Å². The number of aldehydes is 1. The number of hydrogen-bond acceptors (Lipinski definition) is 7. The van der Waals surface area contributed by atoms with Crippen LogP contribution < -0.4 is 11.1 Å². The number of hydrogen-bond donors (Lipinski definition) is 2. The van der Waals surface area contributed by atoms with Gasteiger partial charge in [0.1, 0.15) is 11.4 Å². The second kappa shape index (κ2) is 12.6. The molecule has 2 aromatic carbocycles. The van der Waals surface area contributed by atoms with Crippen molar-refractivity contribution in [3.63, 3.8) is 0 Å². The molecule has 0 bridgehead atoms. The summed E-state index contributed by atoms with van der Waals surface area (Å²) >= 11 is 0. The first-order valence-electron chi connectivity index (χ1n) is 13.5. The number of aromatic nitrogens is 1. The zero-order chi connectivity index (χ0) is 29.6. The van der Waals surface area contributed by atoms with E-state index in [2.05, 4.69) is 15.3 Å². The SMILES string of the molecule is CCCN(Cc1ccc(NC(=O)OC(C)(C)C)cc1)C(=O)C1=Cc2ccc(-c3cncc(C=O)c3)cc2N=C(N)C1.